The fourth-order valence-electron chi connectivity index (χ4n) is 0.375. The molecule has 0 saturated carbocycles. The van der Waals surface area contributed by atoms with Gasteiger partial charge in [-0.05, 0) is 0 Å². The predicted molar refractivity (Wildman–Crippen MR) is 38.1 cm³/mol. The summed E-state index contributed by atoms with van der Waals surface area (Å²) in [6.45, 7) is -1.15. The average Bonchev–Trinajstić information content (AvgIpc) is 1.97. The molecule has 0 spiro atoms. The highest BCUT2D eigenvalue weighted by molar-refractivity contribution is 7.46. The number of ketones is 1. The largest absolute Gasteiger partial charge is 0.470 e. The maximum Gasteiger partial charge on any atom is 0.470 e. The molecule has 7 nitrogen and oxygen atoms in total. The van der Waals surface area contributed by atoms with Crippen LogP contribution >= 0.6 is 7.82 Å². The zero-order chi connectivity index (χ0) is 9.78. The minimum Gasteiger partial charge on any atom is -0.384 e. The number of Topliss-reactive ketones (excluding diaryl/α,β-unsaturated/α-hetero) is 1. The number of phosphoric ester groups is 1. The number of hydrogen-bond acceptors (Lipinski definition) is 5. The maximum absolute atomic E-state index is 10.6. The second-order valence-corrected chi connectivity index (χ2v) is 3.22. The van der Waals surface area contributed by atoms with E-state index in [1.54, 1.807) is 0 Å². The molecule has 0 aromatic heterocycles. The molecule has 0 aromatic carbocycles. The summed E-state index contributed by atoms with van der Waals surface area (Å²) in [5, 5.41) is 8.72. The van der Waals surface area contributed by atoms with Gasteiger partial charge >= 0.3 is 7.82 Å². The Balaban J connectivity index is 3.80. The topological polar surface area (TPSA) is 130 Å². The number of hydrogen-bond donors (Lipinski definition) is 4. The van der Waals surface area contributed by atoms with Gasteiger partial charge in [-0.1, -0.05) is 0 Å². The van der Waals surface area contributed by atoms with Gasteiger partial charge in [-0.15, -0.1) is 0 Å². The van der Waals surface area contributed by atoms with E-state index in [0.717, 1.165) is 0 Å². The Morgan fingerprint density at radius 1 is 1.58 bits per heavy atom. The molecule has 0 unspecified atom stereocenters. The molecule has 0 aromatic rings. The van der Waals surface area contributed by atoms with Crippen molar-refractivity contribution in [3.8, 4) is 0 Å². The van der Waals surface area contributed by atoms with Gasteiger partial charge in [-0.3, -0.25) is 9.32 Å². The Morgan fingerprint density at radius 2 is 2.08 bits per heavy atom. The van der Waals surface area contributed by atoms with E-state index in [-0.39, 0.29) is 6.54 Å². The standard InChI is InChI=1S/C4H10NO6P/c5-1-3(6)4(7)2-11-12(8,9)10/h3,6H,1-2,5H2,(H2,8,9,10)/t3-/m0/s1. The number of aliphatic hydroxyl groups is 1. The quantitative estimate of drug-likeness (QED) is 0.376. The number of phosphoric acid groups is 1. The SMILES string of the molecule is NC[C@H](O)C(=O)COP(=O)(O)O. The third-order valence-corrected chi connectivity index (χ3v) is 1.44. The van der Waals surface area contributed by atoms with Crippen molar-refractivity contribution >= 4 is 13.6 Å². The van der Waals surface area contributed by atoms with Gasteiger partial charge in [0.1, 0.15) is 12.7 Å². The summed E-state index contributed by atoms with van der Waals surface area (Å²) in [5.41, 5.74) is 4.89. The van der Waals surface area contributed by atoms with Gasteiger partial charge in [0, 0.05) is 6.54 Å². The molecule has 72 valence electrons. The summed E-state index contributed by atoms with van der Waals surface area (Å²) < 4.78 is 13.9. The van der Waals surface area contributed by atoms with E-state index in [0.29, 0.717) is 0 Å². The van der Waals surface area contributed by atoms with Crippen LogP contribution in [0.3, 0.4) is 0 Å². The first-order chi connectivity index (χ1) is 5.37. The van der Waals surface area contributed by atoms with Crippen LogP contribution in [0.15, 0.2) is 0 Å². The number of aliphatic hydroxyl groups excluding tert-OH is 1. The van der Waals surface area contributed by atoms with Gasteiger partial charge in [0.15, 0.2) is 5.78 Å². The molecule has 0 saturated heterocycles. The van der Waals surface area contributed by atoms with Crippen LogP contribution < -0.4 is 5.73 Å². The summed E-state index contributed by atoms with van der Waals surface area (Å²) in [4.78, 5) is 26.9. The number of nitrogens with two attached hydrogens (primary N) is 1. The molecule has 12 heavy (non-hydrogen) atoms. The van der Waals surface area contributed by atoms with Crippen molar-refractivity contribution in [2.45, 2.75) is 6.10 Å². The van der Waals surface area contributed by atoms with Crippen molar-refractivity contribution in [3.05, 3.63) is 0 Å². The lowest BCUT2D eigenvalue weighted by molar-refractivity contribution is -0.129. The van der Waals surface area contributed by atoms with E-state index < -0.39 is 26.3 Å². The molecule has 0 aliphatic carbocycles. The molecular formula is C4H10NO6P. The van der Waals surface area contributed by atoms with Gasteiger partial charge in [0.2, 0.25) is 0 Å². The molecule has 0 heterocycles. The first kappa shape index (κ1) is 11.7. The normalized spacial score (nSPS) is 14.3. The lowest BCUT2D eigenvalue weighted by atomic mass is 10.2. The van der Waals surface area contributed by atoms with E-state index in [2.05, 4.69) is 4.52 Å². The van der Waals surface area contributed by atoms with Gasteiger partial charge < -0.3 is 20.6 Å². The number of carbonyl (C=O) groups is 1. The van der Waals surface area contributed by atoms with E-state index in [4.69, 9.17) is 20.6 Å². The van der Waals surface area contributed by atoms with Crippen LogP contribution in [0.5, 0.6) is 0 Å². The lowest BCUT2D eigenvalue weighted by Crippen LogP contribution is -2.31. The molecule has 5 N–H and O–H groups in total. The second-order valence-electron chi connectivity index (χ2n) is 1.98. The van der Waals surface area contributed by atoms with Gasteiger partial charge in [-0.2, -0.15) is 0 Å². The van der Waals surface area contributed by atoms with E-state index in [1.165, 1.54) is 0 Å². The summed E-state index contributed by atoms with van der Waals surface area (Å²) in [7, 11) is -4.64. The van der Waals surface area contributed by atoms with E-state index in [1.807, 2.05) is 0 Å². The average molecular weight is 199 g/mol. The molecule has 0 rings (SSSR count). The van der Waals surface area contributed by atoms with Crippen molar-refractivity contribution in [1.29, 1.82) is 0 Å². The van der Waals surface area contributed by atoms with Crippen molar-refractivity contribution in [2.75, 3.05) is 13.2 Å². The highest BCUT2D eigenvalue weighted by atomic mass is 31.2. The zero-order valence-electron chi connectivity index (χ0n) is 6.08. The Bertz CT molecular complexity index is 200. The van der Waals surface area contributed by atoms with Gasteiger partial charge in [0.25, 0.3) is 0 Å². The minimum atomic E-state index is -4.64. The monoisotopic (exact) mass is 199 g/mol. The molecule has 1 atom stereocenters. The summed E-state index contributed by atoms with van der Waals surface area (Å²) >= 11 is 0. The third kappa shape index (κ3) is 5.36. The van der Waals surface area contributed by atoms with Crippen molar-refractivity contribution in [3.63, 3.8) is 0 Å². The minimum absolute atomic E-state index is 0.302. The molecule has 0 aliphatic rings. The molecule has 0 amide bonds. The van der Waals surface area contributed by atoms with Crippen LogP contribution in [0.4, 0.5) is 0 Å². The van der Waals surface area contributed by atoms with E-state index in [9.17, 15) is 9.36 Å². The van der Waals surface area contributed by atoms with Crippen LogP contribution in [-0.2, 0) is 13.9 Å². The second kappa shape index (κ2) is 4.66. The molecule has 0 radical (unpaired) electrons. The Kier molecular flexibility index (Phi) is 4.54. The van der Waals surface area contributed by atoms with Crippen LogP contribution in [0.2, 0.25) is 0 Å². The van der Waals surface area contributed by atoms with Crippen molar-refractivity contribution in [2.24, 2.45) is 5.73 Å². The maximum atomic E-state index is 10.6. The Morgan fingerprint density at radius 3 is 2.42 bits per heavy atom. The van der Waals surface area contributed by atoms with Gasteiger partial charge in [-0.25, -0.2) is 4.57 Å². The third-order valence-electron chi connectivity index (χ3n) is 0.970. The zero-order valence-corrected chi connectivity index (χ0v) is 6.98. The van der Waals surface area contributed by atoms with Crippen LogP contribution in [0, 0.1) is 0 Å². The summed E-state index contributed by atoms with van der Waals surface area (Å²) in [6, 6.07) is 0. The van der Waals surface area contributed by atoms with Crippen LogP contribution in [0.1, 0.15) is 0 Å². The molecular weight excluding hydrogens is 189 g/mol. The summed E-state index contributed by atoms with van der Waals surface area (Å²) in [5.74, 6) is -0.860. The van der Waals surface area contributed by atoms with E-state index >= 15 is 0 Å². The van der Waals surface area contributed by atoms with Gasteiger partial charge in [0.05, 0.1) is 0 Å². The molecule has 0 bridgehead atoms. The summed E-state index contributed by atoms with van der Waals surface area (Å²) in [6.07, 6.45) is -1.43. The van der Waals surface area contributed by atoms with Crippen LogP contribution in [-0.4, -0.2) is 39.9 Å². The Hall–Kier alpha value is -0.300. The van der Waals surface area contributed by atoms with Crippen molar-refractivity contribution < 1.29 is 28.8 Å². The highest BCUT2D eigenvalue weighted by Crippen LogP contribution is 2.35. The smallest absolute Gasteiger partial charge is 0.384 e. The fourth-order valence-corrected chi connectivity index (χ4v) is 0.671. The number of carbonyl (C=O) groups excluding carboxylic acids is 1. The predicted octanol–water partition coefficient (Wildman–Crippen LogP) is -2.02. The molecule has 8 heteroatoms. The highest BCUT2D eigenvalue weighted by Gasteiger charge is 2.19. The van der Waals surface area contributed by atoms with Crippen LogP contribution in [0.25, 0.3) is 0 Å². The van der Waals surface area contributed by atoms with Crippen molar-refractivity contribution in [1.82, 2.24) is 0 Å². The lowest BCUT2D eigenvalue weighted by Gasteiger charge is -2.07. The molecule has 0 aliphatic heterocycles. The molecule has 0 fully saturated rings. The first-order valence-electron chi connectivity index (χ1n) is 2.97. The fraction of sp³-hybridized carbons (Fsp3) is 0.750. The number of rotatable bonds is 5. The Labute approximate surface area is 68.4 Å². The first-order valence-corrected chi connectivity index (χ1v) is 4.51.